The molecular formula is C12H22F3NO. The van der Waals surface area contributed by atoms with Gasteiger partial charge in [-0.25, -0.2) is 0 Å². The molecule has 0 saturated heterocycles. The third-order valence-electron chi connectivity index (χ3n) is 3.58. The summed E-state index contributed by atoms with van der Waals surface area (Å²) in [6.45, 7) is 1.15. The first-order valence-corrected chi connectivity index (χ1v) is 6.28. The predicted molar refractivity (Wildman–Crippen MR) is 60.7 cm³/mol. The fourth-order valence-corrected chi connectivity index (χ4v) is 2.76. The van der Waals surface area contributed by atoms with E-state index in [1.54, 1.807) is 0 Å². The minimum Gasteiger partial charge on any atom is -0.391 e. The molecule has 1 N–H and O–H groups in total. The molecule has 1 aliphatic carbocycles. The zero-order valence-electron chi connectivity index (χ0n) is 10.5. The SMILES string of the molecule is CCCC1CCC(O)C(N(C)CC(F)(F)F)C1. The Labute approximate surface area is 101 Å². The first-order valence-electron chi connectivity index (χ1n) is 6.28. The van der Waals surface area contributed by atoms with Crippen LogP contribution in [0.15, 0.2) is 0 Å². The van der Waals surface area contributed by atoms with Crippen LogP contribution in [-0.4, -0.2) is 41.9 Å². The minimum atomic E-state index is -4.19. The summed E-state index contributed by atoms with van der Waals surface area (Å²) >= 11 is 0. The van der Waals surface area contributed by atoms with Gasteiger partial charge in [-0.05, 0) is 32.2 Å². The number of alkyl halides is 3. The maximum absolute atomic E-state index is 12.3. The van der Waals surface area contributed by atoms with E-state index in [1.807, 2.05) is 0 Å². The van der Waals surface area contributed by atoms with Gasteiger partial charge < -0.3 is 5.11 Å². The van der Waals surface area contributed by atoms with E-state index in [0.717, 1.165) is 19.3 Å². The average molecular weight is 253 g/mol. The Kier molecular flexibility index (Phi) is 5.25. The minimum absolute atomic E-state index is 0.345. The molecule has 0 spiro atoms. The highest BCUT2D eigenvalue weighted by molar-refractivity contribution is 4.86. The van der Waals surface area contributed by atoms with Crippen molar-refractivity contribution in [3.63, 3.8) is 0 Å². The number of hydrogen-bond donors (Lipinski definition) is 1. The summed E-state index contributed by atoms with van der Waals surface area (Å²) in [5, 5.41) is 9.81. The standard InChI is InChI=1S/C12H22F3NO/c1-3-4-9-5-6-11(17)10(7-9)16(2)8-12(13,14)15/h9-11,17H,3-8H2,1-2H3. The van der Waals surface area contributed by atoms with Gasteiger partial charge in [-0.15, -0.1) is 0 Å². The van der Waals surface area contributed by atoms with Crippen molar-refractivity contribution in [1.29, 1.82) is 0 Å². The maximum atomic E-state index is 12.3. The molecule has 0 amide bonds. The summed E-state index contributed by atoms with van der Waals surface area (Å²) in [6, 6.07) is -0.345. The Bertz CT molecular complexity index is 232. The number of halogens is 3. The lowest BCUT2D eigenvalue weighted by molar-refractivity contribution is -0.154. The lowest BCUT2D eigenvalue weighted by Gasteiger charge is -2.39. The second-order valence-electron chi connectivity index (χ2n) is 5.13. The van der Waals surface area contributed by atoms with Crippen molar-refractivity contribution in [1.82, 2.24) is 4.90 Å². The molecule has 0 radical (unpaired) electrons. The van der Waals surface area contributed by atoms with Crippen LogP contribution in [-0.2, 0) is 0 Å². The van der Waals surface area contributed by atoms with Gasteiger partial charge in [0.1, 0.15) is 0 Å². The van der Waals surface area contributed by atoms with Crippen molar-refractivity contribution in [2.45, 2.75) is 57.3 Å². The second-order valence-corrected chi connectivity index (χ2v) is 5.13. The molecule has 2 nitrogen and oxygen atoms in total. The van der Waals surface area contributed by atoms with Gasteiger partial charge in [-0.3, -0.25) is 4.90 Å². The highest BCUT2D eigenvalue weighted by Crippen LogP contribution is 2.31. The van der Waals surface area contributed by atoms with Gasteiger partial charge in [-0.2, -0.15) is 13.2 Å². The van der Waals surface area contributed by atoms with Crippen molar-refractivity contribution in [2.75, 3.05) is 13.6 Å². The highest BCUT2D eigenvalue weighted by atomic mass is 19.4. The van der Waals surface area contributed by atoms with Crippen LogP contribution >= 0.6 is 0 Å². The van der Waals surface area contributed by atoms with E-state index in [4.69, 9.17) is 0 Å². The molecule has 1 fully saturated rings. The maximum Gasteiger partial charge on any atom is 0.401 e. The summed E-state index contributed by atoms with van der Waals surface area (Å²) in [5.41, 5.74) is 0. The molecule has 1 aliphatic rings. The van der Waals surface area contributed by atoms with Crippen LogP contribution in [0.3, 0.4) is 0 Å². The molecule has 0 bridgehead atoms. The molecule has 3 unspecified atom stereocenters. The van der Waals surface area contributed by atoms with E-state index in [2.05, 4.69) is 6.92 Å². The monoisotopic (exact) mass is 253 g/mol. The molecular weight excluding hydrogens is 231 g/mol. The fourth-order valence-electron chi connectivity index (χ4n) is 2.76. The zero-order valence-corrected chi connectivity index (χ0v) is 10.5. The summed E-state index contributed by atoms with van der Waals surface area (Å²) in [5.74, 6) is 0.462. The van der Waals surface area contributed by atoms with E-state index in [1.165, 1.54) is 11.9 Å². The first-order chi connectivity index (χ1) is 7.83. The molecule has 17 heavy (non-hydrogen) atoms. The molecule has 0 aromatic carbocycles. The van der Waals surface area contributed by atoms with E-state index >= 15 is 0 Å². The van der Waals surface area contributed by atoms with Crippen LogP contribution in [0.5, 0.6) is 0 Å². The zero-order chi connectivity index (χ0) is 13.1. The molecule has 1 rings (SSSR count). The summed E-state index contributed by atoms with van der Waals surface area (Å²) in [4.78, 5) is 1.26. The average Bonchev–Trinajstić information content (AvgIpc) is 2.18. The largest absolute Gasteiger partial charge is 0.401 e. The number of hydrogen-bond acceptors (Lipinski definition) is 2. The van der Waals surface area contributed by atoms with Crippen molar-refractivity contribution >= 4 is 0 Å². The van der Waals surface area contributed by atoms with Crippen LogP contribution in [0.1, 0.15) is 39.0 Å². The van der Waals surface area contributed by atoms with Crippen LogP contribution in [0.25, 0.3) is 0 Å². The summed E-state index contributed by atoms with van der Waals surface area (Å²) in [7, 11) is 1.45. The van der Waals surface area contributed by atoms with Crippen LogP contribution in [0.4, 0.5) is 13.2 Å². The second kappa shape index (κ2) is 6.05. The Morgan fingerprint density at radius 2 is 1.94 bits per heavy atom. The lowest BCUT2D eigenvalue weighted by atomic mass is 9.81. The number of rotatable bonds is 4. The highest BCUT2D eigenvalue weighted by Gasteiger charge is 2.37. The lowest BCUT2D eigenvalue weighted by Crippen LogP contribution is -2.48. The number of aliphatic hydroxyl groups is 1. The van der Waals surface area contributed by atoms with Gasteiger partial charge in [0.05, 0.1) is 12.6 Å². The molecule has 3 atom stereocenters. The van der Waals surface area contributed by atoms with Gasteiger partial charge in [0.25, 0.3) is 0 Å². The van der Waals surface area contributed by atoms with Gasteiger partial charge in [0.15, 0.2) is 0 Å². The summed E-state index contributed by atoms with van der Waals surface area (Å²) in [6.07, 6.45) is -0.466. The smallest absolute Gasteiger partial charge is 0.391 e. The van der Waals surface area contributed by atoms with Gasteiger partial charge in [-0.1, -0.05) is 19.8 Å². The Morgan fingerprint density at radius 3 is 2.47 bits per heavy atom. The van der Waals surface area contributed by atoms with Gasteiger partial charge in [0.2, 0.25) is 0 Å². The van der Waals surface area contributed by atoms with Crippen molar-refractivity contribution < 1.29 is 18.3 Å². The van der Waals surface area contributed by atoms with E-state index in [9.17, 15) is 18.3 Å². The molecule has 0 aromatic heterocycles. The Hall–Kier alpha value is -0.290. The normalized spacial score (nSPS) is 30.9. The van der Waals surface area contributed by atoms with E-state index < -0.39 is 18.8 Å². The Morgan fingerprint density at radius 1 is 1.29 bits per heavy atom. The topological polar surface area (TPSA) is 23.5 Å². The third kappa shape index (κ3) is 4.84. The first kappa shape index (κ1) is 14.8. The number of likely N-dealkylation sites (N-methyl/N-ethyl adjacent to an activating group) is 1. The molecule has 0 aromatic rings. The quantitative estimate of drug-likeness (QED) is 0.832. The van der Waals surface area contributed by atoms with E-state index in [0.29, 0.717) is 18.8 Å². The fraction of sp³-hybridized carbons (Fsp3) is 1.00. The van der Waals surface area contributed by atoms with Crippen molar-refractivity contribution in [3.05, 3.63) is 0 Å². The van der Waals surface area contributed by atoms with E-state index in [-0.39, 0.29) is 6.04 Å². The summed E-state index contributed by atoms with van der Waals surface area (Å²) < 4.78 is 36.9. The van der Waals surface area contributed by atoms with Gasteiger partial charge >= 0.3 is 6.18 Å². The van der Waals surface area contributed by atoms with Crippen molar-refractivity contribution in [3.8, 4) is 0 Å². The third-order valence-corrected chi connectivity index (χ3v) is 3.58. The number of aliphatic hydroxyl groups excluding tert-OH is 1. The predicted octanol–water partition coefficient (Wildman–Crippen LogP) is 2.81. The van der Waals surface area contributed by atoms with Crippen molar-refractivity contribution in [2.24, 2.45) is 5.92 Å². The molecule has 1 saturated carbocycles. The van der Waals surface area contributed by atoms with Crippen LogP contribution in [0.2, 0.25) is 0 Å². The number of nitrogens with zero attached hydrogens (tertiary/aromatic N) is 1. The molecule has 102 valence electrons. The molecule has 5 heteroatoms. The molecule has 0 heterocycles. The van der Waals surface area contributed by atoms with Crippen LogP contribution in [0, 0.1) is 5.92 Å². The molecule has 0 aliphatic heterocycles. The Balaban J connectivity index is 2.54. The van der Waals surface area contributed by atoms with Crippen LogP contribution < -0.4 is 0 Å². The van der Waals surface area contributed by atoms with Gasteiger partial charge in [0, 0.05) is 6.04 Å².